The summed E-state index contributed by atoms with van der Waals surface area (Å²) in [5.41, 5.74) is 0.253. The fourth-order valence-electron chi connectivity index (χ4n) is 2.95. The highest BCUT2D eigenvalue weighted by Crippen LogP contribution is 2.60. The van der Waals surface area contributed by atoms with Crippen LogP contribution < -0.4 is 10.6 Å². The van der Waals surface area contributed by atoms with Gasteiger partial charge in [0.25, 0.3) is 0 Å². The quantitative estimate of drug-likeness (QED) is 0.881. The zero-order chi connectivity index (χ0) is 15.1. The molecule has 21 heavy (non-hydrogen) atoms. The van der Waals surface area contributed by atoms with Crippen molar-refractivity contribution in [3.8, 4) is 0 Å². The van der Waals surface area contributed by atoms with Gasteiger partial charge in [0.1, 0.15) is 0 Å². The molecule has 0 aromatic heterocycles. The van der Waals surface area contributed by atoms with Crippen LogP contribution in [0.1, 0.15) is 36.8 Å². The number of amides is 2. The first-order valence-corrected chi connectivity index (χ1v) is 7.07. The fraction of sp³-hybridized carbons (Fsp3) is 0.533. The van der Waals surface area contributed by atoms with E-state index < -0.39 is 11.7 Å². The number of nitrogens with one attached hydrogen (secondary N) is 2. The predicted molar refractivity (Wildman–Crippen MR) is 71.5 cm³/mol. The first-order valence-electron chi connectivity index (χ1n) is 7.07. The molecule has 2 amide bonds. The van der Waals surface area contributed by atoms with Gasteiger partial charge in [0.05, 0.1) is 5.56 Å². The number of hydrogen-bond donors (Lipinski definition) is 2. The third kappa shape index (κ3) is 3.31. The Morgan fingerprint density at radius 3 is 2.62 bits per heavy atom. The highest BCUT2D eigenvalue weighted by Gasteiger charge is 2.53. The molecule has 0 unspecified atom stereocenters. The molecule has 1 aromatic carbocycles. The van der Waals surface area contributed by atoms with Gasteiger partial charge in [0.2, 0.25) is 0 Å². The van der Waals surface area contributed by atoms with Crippen LogP contribution in [0.5, 0.6) is 0 Å². The second-order valence-electron chi connectivity index (χ2n) is 6.13. The first-order chi connectivity index (χ1) is 9.86. The van der Waals surface area contributed by atoms with E-state index in [1.807, 2.05) is 0 Å². The molecule has 0 radical (unpaired) electrons. The number of rotatable bonds is 3. The van der Waals surface area contributed by atoms with Crippen molar-refractivity contribution in [3.05, 3.63) is 35.4 Å². The molecule has 2 aliphatic carbocycles. The van der Waals surface area contributed by atoms with Crippen molar-refractivity contribution in [2.45, 2.75) is 44.4 Å². The van der Waals surface area contributed by atoms with E-state index in [9.17, 15) is 18.0 Å². The van der Waals surface area contributed by atoms with Crippen molar-refractivity contribution >= 4 is 6.03 Å². The second kappa shape index (κ2) is 4.93. The molecule has 2 aliphatic rings. The summed E-state index contributed by atoms with van der Waals surface area (Å²) in [6.45, 7) is 0.0909. The lowest BCUT2D eigenvalue weighted by molar-refractivity contribution is -0.137. The van der Waals surface area contributed by atoms with Crippen LogP contribution in [0.25, 0.3) is 0 Å². The maximum Gasteiger partial charge on any atom is 0.416 e. The molecular formula is C15H17F3N2O. The largest absolute Gasteiger partial charge is 0.416 e. The van der Waals surface area contributed by atoms with Gasteiger partial charge in [0, 0.05) is 12.6 Å². The lowest BCUT2D eigenvalue weighted by Gasteiger charge is -2.36. The van der Waals surface area contributed by atoms with E-state index in [2.05, 4.69) is 10.6 Å². The fourth-order valence-corrected chi connectivity index (χ4v) is 2.95. The van der Waals surface area contributed by atoms with Gasteiger partial charge in [-0.25, -0.2) is 4.79 Å². The molecule has 6 heteroatoms. The minimum absolute atomic E-state index is 0.0909. The topological polar surface area (TPSA) is 41.1 Å². The van der Waals surface area contributed by atoms with E-state index in [1.54, 1.807) is 6.07 Å². The number of hydrogen-bond acceptors (Lipinski definition) is 1. The van der Waals surface area contributed by atoms with Crippen LogP contribution in [-0.4, -0.2) is 12.1 Å². The molecule has 0 aliphatic heterocycles. The normalized spacial score (nSPS) is 20.0. The SMILES string of the molecule is O=C(NCc1cccc(C(F)(F)F)c1)NC1CC2(CC2)C1. The Morgan fingerprint density at radius 1 is 1.29 bits per heavy atom. The minimum Gasteiger partial charge on any atom is -0.335 e. The number of alkyl halides is 3. The third-order valence-electron chi connectivity index (χ3n) is 4.36. The zero-order valence-corrected chi connectivity index (χ0v) is 11.5. The number of halogens is 3. The van der Waals surface area contributed by atoms with Crippen LogP contribution >= 0.6 is 0 Å². The third-order valence-corrected chi connectivity index (χ3v) is 4.36. The van der Waals surface area contributed by atoms with Crippen molar-refractivity contribution in [2.75, 3.05) is 0 Å². The molecule has 2 saturated carbocycles. The molecule has 2 N–H and O–H groups in total. The van der Waals surface area contributed by atoms with Gasteiger partial charge in [-0.3, -0.25) is 0 Å². The standard InChI is InChI=1S/C15H17F3N2O/c16-15(17,18)11-3-1-2-10(6-11)9-19-13(21)20-12-7-14(8-12)4-5-14/h1-3,6,12H,4-5,7-9H2,(H2,19,20,21). The van der Waals surface area contributed by atoms with Gasteiger partial charge in [-0.2, -0.15) is 13.2 Å². The molecule has 3 nitrogen and oxygen atoms in total. The number of carbonyl (C=O) groups is 1. The van der Waals surface area contributed by atoms with Crippen molar-refractivity contribution < 1.29 is 18.0 Å². The van der Waals surface area contributed by atoms with Gasteiger partial charge in [0.15, 0.2) is 0 Å². The summed E-state index contributed by atoms with van der Waals surface area (Å²) in [4.78, 5) is 11.7. The monoisotopic (exact) mass is 298 g/mol. The number of urea groups is 1. The summed E-state index contributed by atoms with van der Waals surface area (Å²) in [5, 5.41) is 5.46. The Labute approximate surface area is 120 Å². The smallest absolute Gasteiger partial charge is 0.335 e. The summed E-state index contributed by atoms with van der Waals surface area (Å²) in [7, 11) is 0. The Morgan fingerprint density at radius 2 is 2.00 bits per heavy atom. The Kier molecular flexibility index (Phi) is 3.34. The zero-order valence-electron chi connectivity index (χ0n) is 11.5. The van der Waals surface area contributed by atoms with Crippen LogP contribution in [0.15, 0.2) is 24.3 Å². The van der Waals surface area contributed by atoms with Gasteiger partial charge in [-0.1, -0.05) is 12.1 Å². The Balaban J connectivity index is 1.47. The van der Waals surface area contributed by atoms with Crippen molar-refractivity contribution in [3.63, 3.8) is 0 Å². The van der Waals surface area contributed by atoms with E-state index >= 15 is 0 Å². The van der Waals surface area contributed by atoms with Gasteiger partial charge in [-0.05, 0) is 48.8 Å². The van der Waals surface area contributed by atoms with Gasteiger partial charge in [-0.15, -0.1) is 0 Å². The molecule has 3 rings (SSSR count). The van der Waals surface area contributed by atoms with Crippen LogP contribution in [0.2, 0.25) is 0 Å². The highest BCUT2D eigenvalue weighted by molar-refractivity contribution is 5.74. The average molecular weight is 298 g/mol. The van der Waals surface area contributed by atoms with E-state index in [0.29, 0.717) is 11.0 Å². The average Bonchev–Trinajstić information content (AvgIpc) is 3.16. The second-order valence-corrected chi connectivity index (χ2v) is 6.13. The van der Waals surface area contributed by atoms with Crippen molar-refractivity contribution in [2.24, 2.45) is 5.41 Å². The molecule has 0 atom stereocenters. The Bertz CT molecular complexity index is 544. The molecule has 1 aromatic rings. The predicted octanol–water partition coefficient (Wildman–Crippen LogP) is 3.45. The summed E-state index contributed by atoms with van der Waals surface area (Å²) in [6.07, 6.45) is 0.227. The van der Waals surface area contributed by atoms with Crippen LogP contribution in [0.4, 0.5) is 18.0 Å². The molecule has 114 valence electrons. The lowest BCUT2D eigenvalue weighted by Crippen LogP contribution is -2.48. The van der Waals surface area contributed by atoms with E-state index in [4.69, 9.17) is 0 Å². The summed E-state index contributed by atoms with van der Waals surface area (Å²) in [5.74, 6) is 0. The first kappa shape index (κ1) is 14.2. The van der Waals surface area contributed by atoms with Gasteiger partial charge < -0.3 is 10.6 Å². The molecule has 0 saturated heterocycles. The molecule has 0 bridgehead atoms. The minimum atomic E-state index is -4.36. The lowest BCUT2D eigenvalue weighted by atomic mass is 9.77. The summed E-state index contributed by atoms with van der Waals surface area (Å²) in [6, 6.07) is 4.90. The molecule has 1 spiro atoms. The van der Waals surface area contributed by atoms with Crippen LogP contribution in [0, 0.1) is 5.41 Å². The van der Waals surface area contributed by atoms with Crippen molar-refractivity contribution in [1.29, 1.82) is 0 Å². The Hall–Kier alpha value is -1.72. The van der Waals surface area contributed by atoms with Crippen LogP contribution in [0.3, 0.4) is 0 Å². The van der Waals surface area contributed by atoms with E-state index in [-0.39, 0.29) is 18.6 Å². The maximum absolute atomic E-state index is 12.6. The summed E-state index contributed by atoms with van der Waals surface area (Å²) < 4.78 is 37.7. The molecule has 0 heterocycles. The maximum atomic E-state index is 12.6. The van der Waals surface area contributed by atoms with Crippen molar-refractivity contribution in [1.82, 2.24) is 10.6 Å². The number of carbonyl (C=O) groups excluding carboxylic acids is 1. The summed E-state index contributed by atoms with van der Waals surface area (Å²) >= 11 is 0. The highest BCUT2D eigenvalue weighted by atomic mass is 19.4. The molecule has 2 fully saturated rings. The van der Waals surface area contributed by atoms with Crippen LogP contribution in [-0.2, 0) is 12.7 Å². The van der Waals surface area contributed by atoms with E-state index in [0.717, 1.165) is 25.0 Å². The molecular weight excluding hydrogens is 281 g/mol. The van der Waals surface area contributed by atoms with Gasteiger partial charge >= 0.3 is 12.2 Å². The van der Waals surface area contributed by atoms with E-state index in [1.165, 1.54) is 18.9 Å². The number of benzene rings is 1.